The van der Waals surface area contributed by atoms with Crippen molar-refractivity contribution in [2.75, 3.05) is 10.6 Å². The minimum absolute atomic E-state index is 0.129. The molecule has 0 saturated carbocycles. The normalized spacial score (nSPS) is 11.6. The molecule has 28 heavy (non-hydrogen) atoms. The summed E-state index contributed by atoms with van der Waals surface area (Å²) in [6.45, 7) is 1.93. The van der Waals surface area contributed by atoms with Gasteiger partial charge in [-0.25, -0.2) is 14.6 Å². The number of nitrogens with one attached hydrogen (secondary N) is 2. The quantitative estimate of drug-likeness (QED) is 0.519. The van der Waals surface area contributed by atoms with Crippen molar-refractivity contribution in [2.24, 2.45) is 0 Å². The largest absolute Gasteiger partial charge is 0.416 e. The third kappa shape index (κ3) is 3.70. The Labute approximate surface area is 156 Å². The van der Waals surface area contributed by atoms with Crippen LogP contribution in [0.3, 0.4) is 0 Å². The predicted molar refractivity (Wildman–Crippen MR) is 96.6 cm³/mol. The number of benzene rings is 2. The van der Waals surface area contributed by atoms with Crippen LogP contribution < -0.4 is 10.6 Å². The first kappa shape index (κ1) is 17.7. The second kappa shape index (κ2) is 6.80. The molecule has 0 unspecified atom stereocenters. The second-order valence-electron chi connectivity index (χ2n) is 6.03. The van der Waals surface area contributed by atoms with E-state index in [1.54, 1.807) is 0 Å². The average molecular weight is 386 g/mol. The number of hydrogen-bond donors (Lipinski definition) is 2. The Balaban J connectivity index is 1.73. The van der Waals surface area contributed by atoms with Crippen molar-refractivity contribution in [3.05, 3.63) is 59.7 Å². The van der Waals surface area contributed by atoms with Gasteiger partial charge in [-0.15, -0.1) is 0 Å². The lowest BCUT2D eigenvalue weighted by molar-refractivity contribution is -0.137. The van der Waals surface area contributed by atoms with Gasteiger partial charge in [-0.3, -0.25) is 0 Å². The van der Waals surface area contributed by atoms with Crippen LogP contribution in [0.4, 0.5) is 36.2 Å². The molecule has 0 atom stereocenters. The van der Waals surface area contributed by atoms with Crippen molar-refractivity contribution in [1.29, 1.82) is 0 Å². The molecule has 0 aliphatic heterocycles. The maximum absolute atomic E-state index is 13.0. The van der Waals surface area contributed by atoms with Gasteiger partial charge in [0.1, 0.15) is 0 Å². The molecule has 4 rings (SSSR count). The Hall–Kier alpha value is -3.69. The molecule has 2 aromatic heterocycles. The van der Waals surface area contributed by atoms with E-state index in [2.05, 4.69) is 35.5 Å². The van der Waals surface area contributed by atoms with E-state index >= 15 is 0 Å². The van der Waals surface area contributed by atoms with E-state index in [9.17, 15) is 13.2 Å². The lowest BCUT2D eigenvalue weighted by atomic mass is 10.2. The Morgan fingerprint density at radius 3 is 1.96 bits per heavy atom. The fourth-order valence-electron chi connectivity index (χ4n) is 2.58. The third-order valence-electron chi connectivity index (χ3n) is 3.85. The van der Waals surface area contributed by atoms with Crippen LogP contribution in [0.15, 0.2) is 53.2 Å². The number of alkyl halides is 3. The molecule has 0 fully saturated rings. The van der Waals surface area contributed by atoms with Gasteiger partial charge < -0.3 is 10.6 Å². The van der Waals surface area contributed by atoms with Crippen LogP contribution in [0.2, 0.25) is 0 Å². The van der Waals surface area contributed by atoms with Crippen LogP contribution >= 0.6 is 0 Å². The van der Waals surface area contributed by atoms with Crippen LogP contribution in [-0.2, 0) is 6.18 Å². The summed E-state index contributed by atoms with van der Waals surface area (Å²) in [6, 6.07) is 12.3. The highest BCUT2D eigenvalue weighted by atomic mass is 19.4. The van der Waals surface area contributed by atoms with Crippen LogP contribution in [0.1, 0.15) is 11.1 Å². The van der Waals surface area contributed by atoms with Gasteiger partial charge in [-0.1, -0.05) is 18.2 Å². The second-order valence-corrected chi connectivity index (χ2v) is 6.03. The van der Waals surface area contributed by atoms with E-state index in [0.717, 1.165) is 23.4 Å². The number of anilines is 4. The highest BCUT2D eigenvalue weighted by Crippen LogP contribution is 2.32. The Morgan fingerprint density at radius 1 is 0.821 bits per heavy atom. The summed E-state index contributed by atoms with van der Waals surface area (Å²) < 4.78 is 43.6. The molecule has 142 valence electrons. The average Bonchev–Trinajstić information content (AvgIpc) is 3.09. The van der Waals surface area contributed by atoms with Crippen LogP contribution in [-0.4, -0.2) is 20.3 Å². The molecule has 7 nitrogen and oxygen atoms in total. The van der Waals surface area contributed by atoms with Gasteiger partial charge in [-0.2, -0.15) is 13.2 Å². The molecule has 4 aromatic rings. The summed E-state index contributed by atoms with van der Waals surface area (Å²) >= 11 is 0. The molecule has 0 radical (unpaired) electrons. The van der Waals surface area contributed by atoms with Gasteiger partial charge in [0, 0.05) is 11.4 Å². The molecule has 0 saturated heterocycles. The summed E-state index contributed by atoms with van der Waals surface area (Å²) in [6.07, 6.45) is -4.45. The molecule has 2 N–H and O–H groups in total. The summed E-state index contributed by atoms with van der Waals surface area (Å²) in [5.41, 5.74) is 1.48. The van der Waals surface area contributed by atoms with Gasteiger partial charge in [0.25, 0.3) is 0 Å². The van der Waals surface area contributed by atoms with E-state index in [4.69, 9.17) is 0 Å². The molecule has 0 aliphatic rings. The Kier molecular flexibility index (Phi) is 4.30. The first-order chi connectivity index (χ1) is 13.4. The molecule has 2 aromatic carbocycles. The van der Waals surface area contributed by atoms with Gasteiger partial charge >= 0.3 is 6.18 Å². The van der Waals surface area contributed by atoms with E-state index in [0.29, 0.717) is 0 Å². The van der Waals surface area contributed by atoms with Crippen molar-refractivity contribution in [3.63, 3.8) is 0 Å². The summed E-state index contributed by atoms with van der Waals surface area (Å²) in [7, 11) is 0. The van der Waals surface area contributed by atoms with E-state index < -0.39 is 11.7 Å². The molecular weight excluding hydrogens is 373 g/mol. The molecule has 10 heteroatoms. The van der Waals surface area contributed by atoms with Crippen LogP contribution in [0, 0.1) is 6.92 Å². The zero-order valence-electron chi connectivity index (χ0n) is 14.4. The van der Waals surface area contributed by atoms with Gasteiger partial charge in [0.15, 0.2) is 11.6 Å². The molecule has 0 bridgehead atoms. The van der Waals surface area contributed by atoms with Gasteiger partial charge in [0.2, 0.25) is 11.3 Å². The lowest BCUT2D eigenvalue weighted by Crippen LogP contribution is -2.06. The summed E-state index contributed by atoms with van der Waals surface area (Å²) in [5, 5.41) is 13.2. The minimum atomic E-state index is -4.45. The van der Waals surface area contributed by atoms with Crippen molar-refractivity contribution in [2.45, 2.75) is 13.1 Å². The zero-order chi connectivity index (χ0) is 19.7. The number of nitrogens with zero attached hydrogens (tertiary/aromatic N) is 4. The first-order valence-electron chi connectivity index (χ1n) is 8.17. The Morgan fingerprint density at radius 2 is 1.39 bits per heavy atom. The molecule has 0 aliphatic carbocycles. The van der Waals surface area contributed by atoms with Crippen molar-refractivity contribution in [1.82, 2.24) is 20.3 Å². The maximum Gasteiger partial charge on any atom is 0.416 e. The molecule has 0 amide bonds. The third-order valence-corrected chi connectivity index (χ3v) is 3.85. The minimum Gasteiger partial charge on any atom is -0.337 e. The van der Waals surface area contributed by atoms with Gasteiger partial charge in [0.05, 0.1) is 5.56 Å². The Bertz CT molecular complexity index is 1140. The number of aryl methyl sites for hydroxylation is 1. The van der Waals surface area contributed by atoms with Crippen molar-refractivity contribution < 1.29 is 17.8 Å². The standard InChI is InChI=1S/C18H13F3N6O/c1-10-4-2-6-12(8-10)22-14-15(25-17-16(24-14)26-28-27-17)23-13-7-3-5-11(9-13)18(19,20)21/h2-9H,1H3,(H,22,24,26)(H,23,25,27). The number of rotatable bonds is 4. The first-order valence-corrected chi connectivity index (χ1v) is 8.17. The molecule has 0 spiro atoms. The SMILES string of the molecule is Cc1cccc(Nc2nc3nonc3nc2Nc2cccc(C(F)(F)F)c2)c1. The lowest BCUT2D eigenvalue weighted by Gasteiger charge is -2.13. The number of hydrogen-bond acceptors (Lipinski definition) is 7. The number of aromatic nitrogens is 4. The van der Waals surface area contributed by atoms with Crippen molar-refractivity contribution in [3.8, 4) is 0 Å². The van der Waals surface area contributed by atoms with E-state index in [1.165, 1.54) is 12.1 Å². The van der Waals surface area contributed by atoms with Gasteiger partial charge in [-0.05, 0) is 53.1 Å². The van der Waals surface area contributed by atoms with E-state index in [1.807, 2.05) is 31.2 Å². The topological polar surface area (TPSA) is 88.8 Å². The fraction of sp³-hybridized carbons (Fsp3) is 0.111. The monoisotopic (exact) mass is 386 g/mol. The number of halogens is 3. The zero-order valence-corrected chi connectivity index (χ0v) is 14.4. The number of fused-ring (bicyclic) bond motifs is 1. The molecular formula is C18H13F3N6O. The van der Waals surface area contributed by atoms with E-state index in [-0.39, 0.29) is 28.6 Å². The fourth-order valence-corrected chi connectivity index (χ4v) is 2.58. The highest BCUT2D eigenvalue weighted by Gasteiger charge is 2.30. The van der Waals surface area contributed by atoms with Crippen LogP contribution in [0.25, 0.3) is 11.3 Å². The van der Waals surface area contributed by atoms with Crippen molar-refractivity contribution >= 4 is 34.3 Å². The maximum atomic E-state index is 13.0. The molecule has 2 heterocycles. The summed E-state index contributed by atoms with van der Waals surface area (Å²) in [5.74, 6) is 0.454. The highest BCUT2D eigenvalue weighted by molar-refractivity contribution is 5.79. The van der Waals surface area contributed by atoms with Crippen LogP contribution in [0.5, 0.6) is 0 Å². The predicted octanol–water partition coefficient (Wildman–Crippen LogP) is 4.83. The summed E-state index contributed by atoms with van der Waals surface area (Å²) in [4.78, 5) is 8.56. The smallest absolute Gasteiger partial charge is 0.337 e.